The van der Waals surface area contributed by atoms with Gasteiger partial charge >= 0.3 is 0 Å². The molecule has 0 aliphatic heterocycles. The quantitative estimate of drug-likeness (QED) is 0.499. The molecule has 3 aromatic heterocycles. The van der Waals surface area contributed by atoms with Crippen LogP contribution in [0.1, 0.15) is 0 Å². The van der Waals surface area contributed by atoms with Gasteiger partial charge in [0, 0.05) is 12.4 Å². The topological polar surface area (TPSA) is 56.0 Å². The summed E-state index contributed by atoms with van der Waals surface area (Å²) in [6.45, 7) is 0. The van der Waals surface area contributed by atoms with E-state index in [4.69, 9.17) is 0 Å². The maximum atomic E-state index is 4.22. The minimum Gasteiger partial charge on any atom is -0.281 e. The molecule has 0 saturated carbocycles. The average molecular weight is 171 g/mol. The highest BCUT2D eigenvalue weighted by molar-refractivity contribution is 5.73. The summed E-state index contributed by atoms with van der Waals surface area (Å²) >= 11 is 0. The summed E-state index contributed by atoms with van der Waals surface area (Å²) < 4.78 is 1.86. The molecule has 0 N–H and O–H groups in total. The fraction of sp³-hybridized carbons (Fsp3) is 0. The Hall–Kier alpha value is -2.04. The van der Waals surface area contributed by atoms with E-state index in [2.05, 4.69) is 19.9 Å². The van der Waals surface area contributed by atoms with Gasteiger partial charge in [-0.1, -0.05) is 0 Å². The maximum absolute atomic E-state index is 4.22. The van der Waals surface area contributed by atoms with Gasteiger partial charge in [0.1, 0.15) is 11.8 Å². The van der Waals surface area contributed by atoms with Crippen LogP contribution in [0.5, 0.6) is 0 Å². The summed E-state index contributed by atoms with van der Waals surface area (Å²) in [4.78, 5) is 16.3. The summed E-state index contributed by atoms with van der Waals surface area (Å²) in [5.74, 6) is 0.651. The maximum Gasteiger partial charge on any atom is 0.236 e. The SMILES string of the molecule is c1cnc2nc3ncncc3n2c1. The van der Waals surface area contributed by atoms with Crippen LogP contribution in [0.4, 0.5) is 0 Å². The van der Waals surface area contributed by atoms with E-state index in [9.17, 15) is 0 Å². The molecular formula is C8H5N5. The summed E-state index contributed by atoms with van der Waals surface area (Å²) in [5, 5.41) is 0. The van der Waals surface area contributed by atoms with Crippen molar-refractivity contribution in [2.45, 2.75) is 0 Å². The van der Waals surface area contributed by atoms with E-state index in [1.54, 1.807) is 12.4 Å². The van der Waals surface area contributed by atoms with Gasteiger partial charge in [-0.15, -0.1) is 0 Å². The fourth-order valence-electron chi connectivity index (χ4n) is 1.30. The summed E-state index contributed by atoms with van der Waals surface area (Å²) in [6.07, 6.45) is 6.80. The van der Waals surface area contributed by atoms with Gasteiger partial charge in [-0.2, -0.15) is 4.98 Å². The Morgan fingerprint density at radius 3 is 3.23 bits per heavy atom. The Kier molecular flexibility index (Phi) is 1.11. The second-order valence-electron chi connectivity index (χ2n) is 2.63. The van der Waals surface area contributed by atoms with E-state index < -0.39 is 0 Å². The molecule has 0 unspecified atom stereocenters. The molecule has 0 saturated heterocycles. The van der Waals surface area contributed by atoms with E-state index in [1.165, 1.54) is 6.33 Å². The number of fused-ring (bicyclic) bond motifs is 3. The van der Waals surface area contributed by atoms with E-state index in [0.717, 1.165) is 5.52 Å². The van der Waals surface area contributed by atoms with Gasteiger partial charge < -0.3 is 0 Å². The average Bonchev–Trinajstić information content (AvgIpc) is 2.56. The Bertz CT molecular complexity index is 520. The molecule has 0 radical (unpaired) electrons. The third kappa shape index (κ3) is 0.807. The predicted octanol–water partition coefficient (Wildman–Crippen LogP) is 0.672. The van der Waals surface area contributed by atoms with Crippen LogP contribution in [0.25, 0.3) is 16.9 Å². The van der Waals surface area contributed by atoms with Crippen molar-refractivity contribution in [1.29, 1.82) is 0 Å². The second-order valence-corrected chi connectivity index (χ2v) is 2.63. The molecule has 0 aliphatic carbocycles. The first-order valence-electron chi connectivity index (χ1n) is 3.84. The standard InChI is InChI=1S/C8H5N5/c1-2-10-8-12-7-6(13(8)3-1)4-9-5-11-7/h1-5H. The Morgan fingerprint density at radius 2 is 2.23 bits per heavy atom. The van der Waals surface area contributed by atoms with Crippen molar-refractivity contribution in [3.8, 4) is 0 Å². The molecule has 0 aliphatic rings. The van der Waals surface area contributed by atoms with Crippen molar-refractivity contribution in [1.82, 2.24) is 24.3 Å². The molecule has 0 amide bonds. The van der Waals surface area contributed by atoms with Crippen LogP contribution in [0.3, 0.4) is 0 Å². The van der Waals surface area contributed by atoms with Crippen molar-refractivity contribution in [2.75, 3.05) is 0 Å². The lowest BCUT2D eigenvalue weighted by atomic mass is 10.5. The third-order valence-corrected chi connectivity index (χ3v) is 1.86. The monoisotopic (exact) mass is 171 g/mol. The van der Waals surface area contributed by atoms with E-state index >= 15 is 0 Å². The molecule has 13 heavy (non-hydrogen) atoms. The largest absolute Gasteiger partial charge is 0.281 e. The van der Waals surface area contributed by atoms with Crippen LogP contribution >= 0.6 is 0 Å². The summed E-state index contributed by atoms with van der Waals surface area (Å²) in [5.41, 5.74) is 1.55. The third-order valence-electron chi connectivity index (χ3n) is 1.86. The van der Waals surface area contributed by atoms with E-state index in [-0.39, 0.29) is 0 Å². The van der Waals surface area contributed by atoms with Crippen molar-refractivity contribution in [2.24, 2.45) is 0 Å². The Balaban J connectivity index is 2.64. The molecule has 0 aromatic carbocycles. The minimum absolute atomic E-state index is 0.651. The van der Waals surface area contributed by atoms with Crippen molar-refractivity contribution >= 4 is 16.9 Å². The molecule has 3 aromatic rings. The van der Waals surface area contributed by atoms with Gasteiger partial charge in [0.15, 0.2) is 5.65 Å². The highest BCUT2D eigenvalue weighted by Crippen LogP contribution is 2.09. The van der Waals surface area contributed by atoms with Crippen LogP contribution in [0.2, 0.25) is 0 Å². The minimum atomic E-state index is 0.651. The molecule has 0 fully saturated rings. The number of imidazole rings is 1. The molecule has 62 valence electrons. The second kappa shape index (κ2) is 2.22. The van der Waals surface area contributed by atoms with Crippen LogP contribution in [0.15, 0.2) is 31.0 Å². The molecular weight excluding hydrogens is 166 g/mol. The van der Waals surface area contributed by atoms with Gasteiger partial charge in [0.2, 0.25) is 5.78 Å². The van der Waals surface area contributed by atoms with Gasteiger partial charge in [-0.3, -0.25) is 4.40 Å². The molecule has 5 nitrogen and oxygen atoms in total. The molecule has 0 bridgehead atoms. The van der Waals surface area contributed by atoms with Crippen LogP contribution in [0, 0.1) is 0 Å². The Morgan fingerprint density at radius 1 is 1.23 bits per heavy atom. The summed E-state index contributed by atoms with van der Waals surface area (Å²) in [6, 6.07) is 1.85. The van der Waals surface area contributed by atoms with Gasteiger partial charge in [0.25, 0.3) is 0 Å². The van der Waals surface area contributed by atoms with Crippen molar-refractivity contribution in [3.05, 3.63) is 31.0 Å². The highest BCUT2D eigenvalue weighted by atomic mass is 15.1. The van der Waals surface area contributed by atoms with Crippen LogP contribution in [-0.2, 0) is 0 Å². The molecule has 5 heteroatoms. The number of aromatic nitrogens is 5. The number of nitrogens with zero attached hydrogens (tertiary/aromatic N) is 5. The molecule has 3 rings (SSSR count). The smallest absolute Gasteiger partial charge is 0.236 e. The number of hydrogen-bond acceptors (Lipinski definition) is 4. The predicted molar refractivity (Wildman–Crippen MR) is 46.1 cm³/mol. The first-order chi connectivity index (χ1) is 6.45. The molecule has 0 spiro atoms. The first-order valence-corrected chi connectivity index (χ1v) is 3.84. The highest BCUT2D eigenvalue weighted by Gasteiger charge is 2.03. The lowest BCUT2D eigenvalue weighted by Crippen LogP contribution is -1.85. The fourth-order valence-corrected chi connectivity index (χ4v) is 1.30. The lowest BCUT2D eigenvalue weighted by Gasteiger charge is -1.90. The van der Waals surface area contributed by atoms with Gasteiger partial charge in [-0.25, -0.2) is 15.0 Å². The number of hydrogen-bond donors (Lipinski definition) is 0. The lowest BCUT2D eigenvalue weighted by molar-refractivity contribution is 1.13. The zero-order chi connectivity index (χ0) is 8.67. The molecule has 3 heterocycles. The Labute approximate surface area is 73.1 Å². The van der Waals surface area contributed by atoms with Crippen molar-refractivity contribution < 1.29 is 0 Å². The zero-order valence-electron chi connectivity index (χ0n) is 6.62. The van der Waals surface area contributed by atoms with Gasteiger partial charge in [-0.05, 0) is 6.07 Å². The van der Waals surface area contributed by atoms with Crippen LogP contribution < -0.4 is 0 Å². The van der Waals surface area contributed by atoms with Crippen LogP contribution in [-0.4, -0.2) is 24.3 Å². The van der Waals surface area contributed by atoms with Gasteiger partial charge in [0.05, 0.1) is 6.20 Å². The summed E-state index contributed by atoms with van der Waals surface area (Å²) in [7, 11) is 0. The molecule has 0 atom stereocenters. The van der Waals surface area contributed by atoms with Crippen molar-refractivity contribution in [3.63, 3.8) is 0 Å². The van der Waals surface area contributed by atoms with E-state index in [0.29, 0.717) is 11.4 Å². The zero-order valence-corrected chi connectivity index (χ0v) is 6.62. The first kappa shape index (κ1) is 6.47. The van der Waals surface area contributed by atoms with E-state index in [1.807, 2.05) is 16.7 Å². The normalized spacial score (nSPS) is 11.1. The number of rotatable bonds is 0.